The van der Waals surface area contributed by atoms with E-state index < -0.39 is 16.2 Å². The number of ether oxygens (including phenoxy) is 1. The number of carbonyl (C=O) groups is 1. The van der Waals surface area contributed by atoms with E-state index in [0.29, 0.717) is 58.0 Å². The summed E-state index contributed by atoms with van der Waals surface area (Å²) in [5.41, 5.74) is 2.97. The molecule has 36 heavy (non-hydrogen) atoms. The molecule has 1 aliphatic carbocycles. The zero-order valence-corrected chi connectivity index (χ0v) is 20.9. The molecule has 1 unspecified atom stereocenters. The van der Waals surface area contributed by atoms with E-state index in [1.807, 2.05) is 6.07 Å². The van der Waals surface area contributed by atoms with Crippen LogP contribution >= 0.6 is 0 Å². The van der Waals surface area contributed by atoms with Crippen LogP contribution < -0.4 is 14.4 Å². The van der Waals surface area contributed by atoms with Crippen molar-refractivity contribution in [3.8, 4) is 17.1 Å². The lowest BCUT2D eigenvalue weighted by Crippen LogP contribution is -2.30. The lowest BCUT2D eigenvalue weighted by molar-refractivity contribution is 0.0964. The zero-order chi connectivity index (χ0) is 25.4. The monoisotopic (exact) mass is 510 g/mol. The van der Waals surface area contributed by atoms with Crippen molar-refractivity contribution < 1.29 is 26.8 Å². The molecule has 3 aromatic rings. The number of carbonyl (C=O) groups excluding carboxylic acids is 1. The molecular formula is C27H27FN2O5S. The average Bonchev–Trinajstić information content (AvgIpc) is 3.08. The van der Waals surface area contributed by atoms with Gasteiger partial charge in [0.2, 0.25) is 10.0 Å². The second-order valence-electron chi connectivity index (χ2n) is 9.00. The lowest BCUT2D eigenvalue weighted by Gasteiger charge is -2.22. The molecule has 0 saturated heterocycles. The van der Waals surface area contributed by atoms with E-state index in [4.69, 9.17) is 9.15 Å². The maximum atomic E-state index is 13.3. The third-order valence-electron chi connectivity index (χ3n) is 6.44. The minimum atomic E-state index is -3.46. The van der Waals surface area contributed by atoms with Crippen LogP contribution in [0.15, 0.2) is 64.8 Å². The number of hydrogen-bond acceptors (Lipinski definition) is 5. The second kappa shape index (κ2) is 9.46. The highest BCUT2D eigenvalue weighted by molar-refractivity contribution is 7.92. The second-order valence-corrected chi connectivity index (χ2v) is 10.9. The van der Waals surface area contributed by atoms with E-state index in [1.54, 1.807) is 49.5 Å². The fraction of sp³-hybridized carbons (Fsp3) is 0.296. The van der Waals surface area contributed by atoms with Crippen LogP contribution in [-0.4, -0.2) is 40.3 Å². The number of aryl methyl sites for hydroxylation is 1. The van der Waals surface area contributed by atoms with Crippen LogP contribution in [0.1, 0.15) is 35.2 Å². The van der Waals surface area contributed by atoms with Gasteiger partial charge in [0.05, 0.1) is 17.5 Å². The molecular weight excluding hydrogens is 483 g/mol. The van der Waals surface area contributed by atoms with Crippen molar-refractivity contribution in [1.82, 2.24) is 5.32 Å². The number of fused-ring (bicyclic) bond motifs is 2. The number of anilines is 1. The summed E-state index contributed by atoms with van der Waals surface area (Å²) in [7, 11) is -1.90. The standard InChI is InChI=1S/C27H27FN2O5S/c1-29-27(31)25-22-15-18-5-3-4-14-30(36(2,32)33)23(18)16-24(22)35-26(25)17-6-10-20(11-7-17)34-21-12-8-19(28)9-13-21/h6-8,10-13,15-16,19H,3-5,9,14H2,1-2H3,(H,29,31). The Balaban J connectivity index is 1.57. The number of hydrogen-bond donors (Lipinski definition) is 1. The Morgan fingerprint density at radius 2 is 1.97 bits per heavy atom. The van der Waals surface area contributed by atoms with Crippen molar-refractivity contribution in [2.45, 2.75) is 31.9 Å². The highest BCUT2D eigenvalue weighted by Gasteiger charge is 2.27. The highest BCUT2D eigenvalue weighted by atomic mass is 32.2. The van der Waals surface area contributed by atoms with E-state index in [2.05, 4.69) is 5.32 Å². The van der Waals surface area contributed by atoms with Gasteiger partial charge in [-0.25, -0.2) is 12.8 Å². The molecule has 1 aliphatic heterocycles. The maximum absolute atomic E-state index is 13.3. The van der Waals surface area contributed by atoms with Crippen molar-refractivity contribution in [3.63, 3.8) is 0 Å². The molecule has 2 heterocycles. The number of nitrogens with one attached hydrogen (secondary N) is 1. The molecule has 1 aromatic heterocycles. The van der Waals surface area contributed by atoms with Crippen molar-refractivity contribution in [2.24, 2.45) is 0 Å². The molecule has 2 aromatic carbocycles. The molecule has 9 heteroatoms. The normalized spacial score (nSPS) is 17.9. The molecule has 0 spiro atoms. The highest BCUT2D eigenvalue weighted by Crippen LogP contribution is 2.39. The Labute approximate surface area is 209 Å². The van der Waals surface area contributed by atoms with Gasteiger partial charge in [0.15, 0.2) is 0 Å². The Morgan fingerprint density at radius 1 is 1.19 bits per heavy atom. The first-order chi connectivity index (χ1) is 17.2. The number of halogens is 1. The summed E-state index contributed by atoms with van der Waals surface area (Å²) in [5.74, 6) is 1.23. The predicted octanol–water partition coefficient (Wildman–Crippen LogP) is 5.12. The number of allylic oxidation sites excluding steroid dienone is 3. The molecule has 0 bridgehead atoms. The van der Waals surface area contributed by atoms with Gasteiger partial charge >= 0.3 is 0 Å². The summed E-state index contributed by atoms with van der Waals surface area (Å²) in [6, 6.07) is 10.7. The number of alkyl halides is 1. The predicted molar refractivity (Wildman–Crippen MR) is 138 cm³/mol. The first-order valence-electron chi connectivity index (χ1n) is 11.8. The molecule has 1 N–H and O–H groups in total. The van der Waals surface area contributed by atoms with Gasteiger partial charge in [-0.3, -0.25) is 9.10 Å². The fourth-order valence-electron chi connectivity index (χ4n) is 4.66. The van der Waals surface area contributed by atoms with Crippen LogP contribution in [0.5, 0.6) is 5.75 Å². The maximum Gasteiger partial charge on any atom is 0.255 e. The van der Waals surface area contributed by atoms with E-state index in [-0.39, 0.29) is 12.3 Å². The van der Waals surface area contributed by atoms with Crippen molar-refractivity contribution in [2.75, 3.05) is 24.2 Å². The van der Waals surface area contributed by atoms with E-state index in [9.17, 15) is 17.6 Å². The van der Waals surface area contributed by atoms with Crippen molar-refractivity contribution >= 4 is 32.6 Å². The van der Waals surface area contributed by atoms with Crippen molar-refractivity contribution in [1.29, 1.82) is 0 Å². The molecule has 2 aliphatic rings. The Bertz CT molecular complexity index is 1490. The molecule has 188 valence electrons. The van der Waals surface area contributed by atoms with Gasteiger partial charge in [-0.05, 0) is 73.4 Å². The minimum Gasteiger partial charge on any atom is -0.458 e. The van der Waals surface area contributed by atoms with Crippen LogP contribution in [0.4, 0.5) is 10.1 Å². The summed E-state index contributed by atoms with van der Waals surface area (Å²) in [5, 5.41) is 3.32. The number of rotatable bonds is 5. The summed E-state index contributed by atoms with van der Waals surface area (Å²) in [6.45, 7) is 0.409. The third-order valence-corrected chi connectivity index (χ3v) is 7.62. The molecule has 0 fully saturated rings. The smallest absolute Gasteiger partial charge is 0.255 e. The Hall–Kier alpha value is -3.59. The molecule has 0 saturated carbocycles. The van der Waals surface area contributed by atoms with Crippen LogP contribution in [0, 0.1) is 0 Å². The van der Waals surface area contributed by atoms with Crippen LogP contribution in [0.25, 0.3) is 22.3 Å². The SMILES string of the molecule is CNC(=O)c1c(-c2ccc(OC3=CCC(F)C=C3)cc2)oc2cc3c(cc12)CCCCN3S(C)(=O)=O. The third kappa shape index (κ3) is 4.63. The topological polar surface area (TPSA) is 88.8 Å². The quantitative estimate of drug-likeness (QED) is 0.515. The van der Waals surface area contributed by atoms with Gasteiger partial charge in [-0.15, -0.1) is 0 Å². The van der Waals surface area contributed by atoms with Gasteiger partial charge in [0.1, 0.15) is 29.0 Å². The number of amides is 1. The van der Waals surface area contributed by atoms with Gasteiger partial charge in [0, 0.05) is 37.0 Å². The number of furan rings is 1. The number of nitrogens with zero attached hydrogens (tertiary/aromatic N) is 1. The van der Waals surface area contributed by atoms with Gasteiger partial charge in [0.25, 0.3) is 5.91 Å². The van der Waals surface area contributed by atoms with Crippen LogP contribution in [0.2, 0.25) is 0 Å². The van der Waals surface area contributed by atoms with Gasteiger partial charge in [-0.1, -0.05) is 0 Å². The minimum absolute atomic E-state index is 0.277. The zero-order valence-electron chi connectivity index (χ0n) is 20.1. The molecule has 5 rings (SSSR count). The molecule has 0 radical (unpaired) electrons. The summed E-state index contributed by atoms with van der Waals surface area (Å²) in [4.78, 5) is 13.0. The molecule has 1 amide bonds. The summed E-state index contributed by atoms with van der Waals surface area (Å²) < 4.78 is 51.7. The van der Waals surface area contributed by atoms with Crippen LogP contribution in [-0.2, 0) is 16.4 Å². The Kier molecular flexibility index (Phi) is 6.34. The summed E-state index contributed by atoms with van der Waals surface area (Å²) >= 11 is 0. The average molecular weight is 511 g/mol. The first kappa shape index (κ1) is 24.1. The van der Waals surface area contributed by atoms with Gasteiger partial charge in [-0.2, -0.15) is 0 Å². The number of sulfonamides is 1. The van der Waals surface area contributed by atoms with E-state index >= 15 is 0 Å². The lowest BCUT2D eigenvalue weighted by atomic mass is 10.0. The summed E-state index contributed by atoms with van der Waals surface area (Å²) in [6.07, 6.45) is 7.57. The molecule has 1 atom stereocenters. The largest absolute Gasteiger partial charge is 0.458 e. The van der Waals surface area contributed by atoms with E-state index in [0.717, 1.165) is 18.4 Å². The number of benzene rings is 2. The van der Waals surface area contributed by atoms with Crippen molar-refractivity contribution in [3.05, 3.63) is 71.5 Å². The van der Waals surface area contributed by atoms with E-state index in [1.165, 1.54) is 16.6 Å². The van der Waals surface area contributed by atoms with Crippen LogP contribution in [0.3, 0.4) is 0 Å². The fourth-order valence-corrected chi connectivity index (χ4v) is 5.65. The molecule has 7 nitrogen and oxygen atoms in total. The Morgan fingerprint density at radius 3 is 2.64 bits per heavy atom. The first-order valence-corrected chi connectivity index (χ1v) is 13.7. The van der Waals surface area contributed by atoms with Gasteiger partial charge < -0.3 is 14.5 Å².